The first-order chi connectivity index (χ1) is 7.76. The first kappa shape index (κ1) is 10.7. The normalized spacial score (nSPS) is 10.4. The molecule has 84 valence electrons. The number of nitrogens with zero attached hydrogens (tertiary/aromatic N) is 3. The Morgan fingerprint density at radius 1 is 1.38 bits per heavy atom. The molecule has 0 atom stereocenters. The van der Waals surface area contributed by atoms with Crippen LogP contribution in [0.5, 0.6) is 5.75 Å². The zero-order chi connectivity index (χ0) is 11.5. The number of hydrogen-bond donors (Lipinski definition) is 0. The van der Waals surface area contributed by atoms with Gasteiger partial charge in [0, 0.05) is 6.54 Å². The van der Waals surface area contributed by atoms with Gasteiger partial charge in [0.2, 0.25) is 0 Å². The third kappa shape index (κ3) is 1.78. The van der Waals surface area contributed by atoms with Gasteiger partial charge in [-0.2, -0.15) is 5.10 Å². The van der Waals surface area contributed by atoms with E-state index < -0.39 is 0 Å². The lowest BCUT2D eigenvalue weighted by molar-refractivity contribution is 0.413. The van der Waals surface area contributed by atoms with Crippen LogP contribution in [-0.4, -0.2) is 21.9 Å². The van der Waals surface area contributed by atoms with Crippen LogP contribution in [0.4, 0.5) is 0 Å². The summed E-state index contributed by atoms with van der Waals surface area (Å²) in [6.45, 7) is 4.87. The van der Waals surface area contributed by atoms with Crippen LogP contribution in [0, 0.1) is 6.92 Å². The molecule has 4 nitrogen and oxygen atoms in total. The van der Waals surface area contributed by atoms with E-state index in [0.29, 0.717) is 5.82 Å². The van der Waals surface area contributed by atoms with Gasteiger partial charge < -0.3 is 4.74 Å². The lowest BCUT2D eigenvalue weighted by Crippen LogP contribution is -1.95. The third-order valence-corrected chi connectivity index (χ3v) is 2.52. The zero-order valence-corrected chi connectivity index (χ0v) is 9.77. The van der Waals surface area contributed by atoms with Crippen LogP contribution in [-0.2, 0) is 6.54 Å². The standard InChI is InChI=1S/C12H15N3O/c1-4-15-8-13-12(14-15)10-7-5-6-9(2)11(10)16-3/h5-8H,4H2,1-3H3. The highest BCUT2D eigenvalue weighted by Crippen LogP contribution is 2.30. The van der Waals surface area contributed by atoms with E-state index in [9.17, 15) is 0 Å². The summed E-state index contributed by atoms with van der Waals surface area (Å²) in [6.07, 6.45) is 1.73. The van der Waals surface area contributed by atoms with E-state index in [1.54, 1.807) is 18.1 Å². The molecule has 0 aliphatic heterocycles. The van der Waals surface area contributed by atoms with Gasteiger partial charge in [-0.15, -0.1) is 0 Å². The van der Waals surface area contributed by atoms with Gasteiger partial charge in [-0.05, 0) is 25.5 Å². The molecule has 0 aliphatic carbocycles. The molecule has 0 unspecified atom stereocenters. The van der Waals surface area contributed by atoms with Gasteiger partial charge in [-0.1, -0.05) is 12.1 Å². The Hall–Kier alpha value is -1.84. The summed E-state index contributed by atoms with van der Waals surface area (Å²) >= 11 is 0. The fraction of sp³-hybridized carbons (Fsp3) is 0.333. The van der Waals surface area contributed by atoms with Crippen LogP contribution >= 0.6 is 0 Å². The molecular weight excluding hydrogens is 202 g/mol. The Morgan fingerprint density at radius 2 is 2.19 bits per heavy atom. The van der Waals surface area contributed by atoms with Crippen LogP contribution in [0.15, 0.2) is 24.5 Å². The van der Waals surface area contributed by atoms with Gasteiger partial charge >= 0.3 is 0 Å². The van der Waals surface area contributed by atoms with Crippen molar-refractivity contribution in [2.75, 3.05) is 7.11 Å². The van der Waals surface area contributed by atoms with Crippen molar-refractivity contribution < 1.29 is 4.74 Å². The number of methoxy groups -OCH3 is 1. The molecule has 0 bridgehead atoms. The molecule has 0 N–H and O–H groups in total. The Bertz CT molecular complexity index is 491. The van der Waals surface area contributed by atoms with E-state index >= 15 is 0 Å². The van der Waals surface area contributed by atoms with Crippen molar-refractivity contribution in [1.82, 2.24) is 14.8 Å². The van der Waals surface area contributed by atoms with Crippen LogP contribution in [0.25, 0.3) is 11.4 Å². The molecule has 1 heterocycles. The van der Waals surface area contributed by atoms with Gasteiger partial charge in [0.1, 0.15) is 12.1 Å². The quantitative estimate of drug-likeness (QED) is 0.791. The van der Waals surface area contributed by atoms with Crippen molar-refractivity contribution in [2.45, 2.75) is 20.4 Å². The van der Waals surface area contributed by atoms with Gasteiger partial charge in [-0.3, -0.25) is 4.68 Å². The Morgan fingerprint density at radius 3 is 2.81 bits per heavy atom. The van der Waals surface area contributed by atoms with Crippen LogP contribution in [0.1, 0.15) is 12.5 Å². The summed E-state index contributed by atoms with van der Waals surface area (Å²) in [6, 6.07) is 5.97. The van der Waals surface area contributed by atoms with Crippen molar-refractivity contribution in [2.24, 2.45) is 0 Å². The van der Waals surface area contributed by atoms with E-state index in [0.717, 1.165) is 23.4 Å². The molecule has 0 amide bonds. The highest BCUT2D eigenvalue weighted by atomic mass is 16.5. The Balaban J connectivity index is 2.50. The van der Waals surface area contributed by atoms with Crippen molar-refractivity contribution in [3.8, 4) is 17.1 Å². The second kappa shape index (κ2) is 4.35. The van der Waals surface area contributed by atoms with Crippen LogP contribution in [0.3, 0.4) is 0 Å². The molecule has 4 heteroatoms. The number of rotatable bonds is 3. The first-order valence-corrected chi connectivity index (χ1v) is 5.29. The van der Waals surface area contributed by atoms with E-state index in [-0.39, 0.29) is 0 Å². The molecule has 16 heavy (non-hydrogen) atoms. The maximum atomic E-state index is 5.38. The molecule has 2 rings (SSSR count). The lowest BCUT2D eigenvalue weighted by Gasteiger charge is -2.08. The van der Waals surface area contributed by atoms with Crippen molar-refractivity contribution >= 4 is 0 Å². The predicted molar refractivity (Wildman–Crippen MR) is 62.4 cm³/mol. The molecule has 2 aromatic rings. The van der Waals surface area contributed by atoms with Crippen molar-refractivity contribution in [1.29, 1.82) is 0 Å². The van der Waals surface area contributed by atoms with Crippen molar-refractivity contribution in [3.63, 3.8) is 0 Å². The predicted octanol–water partition coefficient (Wildman–Crippen LogP) is 2.28. The molecule has 0 aliphatic rings. The summed E-state index contributed by atoms with van der Waals surface area (Å²) in [7, 11) is 1.67. The van der Waals surface area contributed by atoms with Gasteiger partial charge in [0.15, 0.2) is 5.82 Å². The fourth-order valence-corrected chi connectivity index (χ4v) is 1.67. The van der Waals surface area contributed by atoms with E-state index in [2.05, 4.69) is 10.1 Å². The number of aromatic nitrogens is 3. The first-order valence-electron chi connectivity index (χ1n) is 5.29. The third-order valence-electron chi connectivity index (χ3n) is 2.52. The number of benzene rings is 1. The molecule has 1 aromatic carbocycles. The maximum absolute atomic E-state index is 5.38. The Labute approximate surface area is 94.9 Å². The number of para-hydroxylation sites is 1. The number of hydrogen-bond acceptors (Lipinski definition) is 3. The second-order valence-electron chi connectivity index (χ2n) is 3.58. The topological polar surface area (TPSA) is 39.9 Å². The highest BCUT2D eigenvalue weighted by Gasteiger charge is 2.11. The molecule has 0 radical (unpaired) electrons. The maximum Gasteiger partial charge on any atom is 0.184 e. The van der Waals surface area contributed by atoms with Crippen molar-refractivity contribution in [3.05, 3.63) is 30.1 Å². The minimum atomic E-state index is 0.711. The number of aryl methyl sites for hydroxylation is 2. The van der Waals surface area contributed by atoms with Gasteiger partial charge in [-0.25, -0.2) is 4.98 Å². The molecule has 0 saturated carbocycles. The largest absolute Gasteiger partial charge is 0.496 e. The lowest BCUT2D eigenvalue weighted by atomic mass is 10.1. The van der Waals surface area contributed by atoms with Crippen LogP contribution < -0.4 is 4.74 Å². The average Bonchev–Trinajstić information content (AvgIpc) is 2.77. The summed E-state index contributed by atoms with van der Waals surface area (Å²) in [5.41, 5.74) is 2.03. The molecule has 0 fully saturated rings. The highest BCUT2D eigenvalue weighted by molar-refractivity contribution is 5.65. The van der Waals surface area contributed by atoms with Gasteiger partial charge in [0.05, 0.1) is 12.7 Å². The SMILES string of the molecule is CCn1cnc(-c2cccc(C)c2OC)n1. The summed E-state index contributed by atoms with van der Waals surface area (Å²) in [5.74, 6) is 1.55. The minimum absolute atomic E-state index is 0.711. The molecule has 0 spiro atoms. The molecule has 1 aromatic heterocycles. The van der Waals surface area contributed by atoms with E-state index in [1.165, 1.54) is 0 Å². The van der Waals surface area contributed by atoms with Crippen LogP contribution in [0.2, 0.25) is 0 Å². The summed E-state index contributed by atoms with van der Waals surface area (Å²) in [5, 5.41) is 4.37. The zero-order valence-electron chi connectivity index (χ0n) is 9.77. The fourth-order valence-electron chi connectivity index (χ4n) is 1.67. The Kier molecular flexibility index (Phi) is 2.90. The van der Waals surface area contributed by atoms with E-state index in [4.69, 9.17) is 4.74 Å². The van der Waals surface area contributed by atoms with Gasteiger partial charge in [0.25, 0.3) is 0 Å². The molecule has 0 saturated heterocycles. The monoisotopic (exact) mass is 217 g/mol. The second-order valence-corrected chi connectivity index (χ2v) is 3.58. The number of ether oxygens (including phenoxy) is 1. The minimum Gasteiger partial charge on any atom is -0.496 e. The smallest absolute Gasteiger partial charge is 0.184 e. The average molecular weight is 217 g/mol. The summed E-state index contributed by atoms with van der Waals surface area (Å²) < 4.78 is 7.19. The summed E-state index contributed by atoms with van der Waals surface area (Å²) in [4.78, 5) is 4.28. The molecular formula is C12H15N3O. The van der Waals surface area contributed by atoms with E-state index in [1.807, 2.05) is 32.0 Å².